The smallest absolute Gasteiger partial charge is 0.124 e. The van der Waals surface area contributed by atoms with E-state index in [1.807, 2.05) is 61.5 Å². The Balaban J connectivity index is 1.66. The van der Waals surface area contributed by atoms with E-state index in [2.05, 4.69) is 23.5 Å². The molecule has 0 aliphatic heterocycles. The largest absolute Gasteiger partial charge is 0.489 e. The van der Waals surface area contributed by atoms with E-state index in [4.69, 9.17) is 16.3 Å². The summed E-state index contributed by atoms with van der Waals surface area (Å²) in [6.07, 6.45) is 0. The number of hydrogen-bond donors (Lipinski definition) is 1. The number of ether oxygens (including phenoxy) is 1. The second-order valence-electron chi connectivity index (χ2n) is 5.70. The van der Waals surface area contributed by atoms with Crippen LogP contribution in [0.15, 0.2) is 72.8 Å². The second kappa shape index (κ2) is 7.89. The van der Waals surface area contributed by atoms with Crippen molar-refractivity contribution >= 4 is 17.3 Å². The van der Waals surface area contributed by atoms with Gasteiger partial charge < -0.3 is 10.1 Å². The monoisotopic (exact) mass is 337 g/mol. The maximum Gasteiger partial charge on any atom is 0.124 e. The van der Waals surface area contributed by atoms with Crippen LogP contribution in [-0.2, 0) is 13.2 Å². The first-order valence-corrected chi connectivity index (χ1v) is 8.35. The summed E-state index contributed by atoms with van der Waals surface area (Å²) < 4.78 is 5.99. The van der Waals surface area contributed by atoms with Crippen molar-refractivity contribution in [2.45, 2.75) is 20.1 Å². The Morgan fingerprint density at radius 2 is 1.67 bits per heavy atom. The summed E-state index contributed by atoms with van der Waals surface area (Å²) >= 11 is 6.18. The Morgan fingerprint density at radius 3 is 2.46 bits per heavy atom. The normalized spacial score (nSPS) is 10.4. The van der Waals surface area contributed by atoms with E-state index >= 15 is 0 Å². The molecular weight excluding hydrogens is 318 g/mol. The topological polar surface area (TPSA) is 21.3 Å². The van der Waals surface area contributed by atoms with E-state index in [-0.39, 0.29) is 0 Å². The van der Waals surface area contributed by atoms with Crippen LogP contribution in [0, 0.1) is 6.92 Å². The zero-order valence-electron chi connectivity index (χ0n) is 13.6. The van der Waals surface area contributed by atoms with Gasteiger partial charge in [0.05, 0.1) is 0 Å². The molecule has 24 heavy (non-hydrogen) atoms. The van der Waals surface area contributed by atoms with Crippen molar-refractivity contribution < 1.29 is 4.74 Å². The number of nitrogens with one attached hydrogen (secondary N) is 1. The average molecular weight is 338 g/mol. The van der Waals surface area contributed by atoms with E-state index in [1.165, 1.54) is 0 Å². The molecule has 2 nitrogen and oxygen atoms in total. The van der Waals surface area contributed by atoms with Gasteiger partial charge in [-0.1, -0.05) is 66.2 Å². The lowest BCUT2D eigenvalue weighted by Crippen LogP contribution is -2.03. The first-order chi connectivity index (χ1) is 11.7. The van der Waals surface area contributed by atoms with Crippen LogP contribution in [-0.4, -0.2) is 0 Å². The third-order valence-corrected chi connectivity index (χ3v) is 4.27. The molecule has 0 bridgehead atoms. The molecular formula is C21H20ClNO. The van der Waals surface area contributed by atoms with Gasteiger partial charge in [-0.25, -0.2) is 0 Å². The minimum atomic E-state index is 0.564. The summed E-state index contributed by atoms with van der Waals surface area (Å²) in [4.78, 5) is 0. The summed E-state index contributed by atoms with van der Waals surface area (Å²) in [5, 5.41) is 4.17. The predicted molar refractivity (Wildman–Crippen MR) is 101 cm³/mol. The molecule has 0 aromatic heterocycles. The van der Waals surface area contributed by atoms with Crippen LogP contribution in [0.1, 0.15) is 16.7 Å². The van der Waals surface area contributed by atoms with E-state index in [1.54, 1.807) is 0 Å². The molecule has 0 amide bonds. The summed E-state index contributed by atoms with van der Waals surface area (Å²) in [5.74, 6) is 0.895. The molecule has 0 saturated carbocycles. The number of anilines is 1. The minimum absolute atomic E-state index is 0.564. The molecule has 0 spiro atoms. The number of para-hydroxylation sites is 1. The second-order valence-corrected chi connectivity index (χ2v) is 6.11. The lowest BCUT2D eigenvalue weighted by Gasteiger charge is -2.13. The van der Waals surface area contributed by atoms with Gasteiger partial charge in [0.2, 0.25) is 0 Å². The van der Waals surface area contributed by atoms with Crippen LogP contribution in [0.25, 0.3) is 0 Å². The molecule has 0 saturated heterocycles. The number of rotatable bonds is 6. The Bertz CT molecular complexity index is 802. The molecule has 3 aromatic rings. The summed E-state index contributed by atoms with van der Waals surface area (Å²) in [6.45, 7) is 3.25. The fraction of sp³-hybridized carbons (Fsp3) is 0.143. The molecule has 0 radical (unpaired) electrons. The van der Waals surface area contributed by atoms with Crippen LogP contribution in [0.5, 0.6) is 5.75 Å². The van der Waals surface area contributed by atoms with Gasteiger partial charge in [0.15, 0.2) is 0 Å². The van der Waals surface area contributed by atoms with Crippen LogP contribution < -0.4 is 10.1 Å². The third-order valence-electron chi connectivity index (χ3n) is 3.86. The van der Waals surface area contributed by atoms with Gasteiger partial charge in [0.1, 0.15) is 12.4 Å². The fourth-order valence-electron chi connectivity index (χ4n) is 2.43. The van der Waals surface area contributed by atoms with Crippen molar-refractivity contribution in [1.82, 2.24) is 0 Å². The highest BCUT2D eigenvalue weighted by molar-refractivity contribution is 6.31. The van der Waals surface area contributed by atoms with Gasteiger partial charge in [0, 0.05) is 22.8 Å². The van der Waals surface area contributed by atoms with E-state index in [0.29, 0.717) is 13.2 Å². The van der Waals surface area contributed by atoms with Crippen molar-refractivity contribution in [2.75, 3.05) is 5.32 Å². The van der Waals surface area contributed by atoms with Crippen molar-refractivity contribution in [3.63, 3.8) is 0 Å². The Morgan fingerprint density at radius 1 is 0.917 bits per heavy atom. The standard InChI is InChI=1S/C21H20ClNO/c1-16-11-12-19(13-20(16)22)23-14-18-9-5-6-10-21(18)24-15-17-7-3-2-4-8-17/h2-13,23H,14-15H2,1H3. The van der Waals surface area contributed by atoms with E-state index in [0.717, 1.165) is 33.1 Å². The SMILES string of the molecule is Cc1ccc(NCc2ccccc2OCc2ccccc2)cc1Cl. The molecule has 0 fully saturated rings. The summed E-state index contributed by atoms with van der Waals surface area (Å²) in [6, 6.07) is 24.3. The Labute approximate surface area is 148 Å². The summed E-state index contributed by atoms with van der Waals surface area (Å²) in [5.41, 5.74) is 4.35. The minimum Gasteiger partial charge on any atom is -0.489 e. The Hall–Kier alpha value is -2.45. The maximum absolute atomic E-state index is 6.18. The van der Waals surface area contributed by atoms with Crippen molar-refractivity contribution in [2.24, 2.45) is 0 Å². The predicted octanol–water partition coefficient (Wildman–Crippen LogP) is 5.84. The number of aryl methyl sites for hydroxylation is 1. The molecule has 1 N–H and O–H groups in total. The van der Waals surface area contributed by atoms with Gasteiger partial charge in [0.25, 0.3) is 0 Å². The molecule has 0 aliphatic carbocycles. The molecule has 0 unspecified atom stereocenters. The number of hydrogen-bond acceptors (Lipinski definition) is 2. The van der Waals surface area contributed by atoms with Crippen LogP contribution >= 0.6 is 11.6 Å². The van der Waals surface area contributed by atoms with E-state index < -0.39 is 0 Å². The van der Waals surface area contributed by atoms with Crippen LogP contribution in [0.2, 0.25) is 5.02 Å². The van der Waals surface area contributed by atoms with Gasteiger partial charge in [-0.2, -0.15) is 0 Å². The fourth-order valence-corrected chi connectivity index (χ4v) is 2.61. The highest BCUT2D eigenvalue weighted by Crippen LogP contribution is 2.23. The molecule has 0 atom stereocenters. The Kier molecular flexibility index (Phi) is 5.39. The van der Waals surface area contributed by atoms with Crippen molar-refractivity contribution in [1.29, 1.82) is 0 Å². The highest BCUT2D eigenvalue weighted by atomic mass is 35.5. The highest BCUT2D eigenvalue weighted by Gasteiger charge is 2.04. The maximum atomic E-state index is 6.18. The molecule has 3 heteroatoms. The lowest BCUT2D eigenvalue weighted by atomic mass is 10.1. The third kappa shape index (κ3) is 4.30. The van der Waals surface area contributed by atoms with Gasteiger partial charge >= 0.3 is 0 Å². The lowest BCUT2D eigenvalue weighted by molar-refractivity contribution is 0.303. The molecule has 0 heterocycles. The average Bonchev–Trinajstić information content (AvgIpc) is 2.62. The molecule has 0 aliphatic rings. The van der Waals surface area contributed by atoms with Crippen LogP contribution in [0.3, 0.4) is 0 Å². The molecule has 3 rings (SSSR count). The number of halogens is 1. The first-order valence-electron chi connectivity index (χ1n) is 7.97. The van der Waals surface area contributed by atoms with Gasteiger partial charge in [-0.3, -0.25) is 0 Å². The van der Waals surface area contributed by atoms with E-state index in [9.17, 15) is 0 Å². The van der Waals surface area contributed by atoms with Crippen LogP contribution in [0.4, 0.5) is 5.69 Å². The molecule has 3 aromatic carbocycles. The zero-order chi connectivity index (χ0) is 16.8. The quantitative estimate of drug-likeness (QED) is 0.610. The van der Waals surface area contributed by atoms with Crippen molar-refractivity contribution in [3.8, 4) is 5.75 Å². The van der Waals surface area contributed by atoms with Gasteiger partial charge in [-0.05, 0) is 36.2 Å². The van der Waals surface area contributed by atoms with Gasteiger partial charge in [-0.15, -0.1) is 0 Å². The number of benzene rings is 3. The molecule has 122 valence electrons. The first kappa shape index (κ1) is 16.4. The van der Waals surface area contributed by atoms with Crippen molar-refractivity contribution in [3.05, 3.63) is 94.5 Å². The zero-order valence-corrected chi connectivity index (χ0v) is 14.4. The summed E-state index contributed by atoms with van der Waals surface area (Å²) in [7, 11) is 0.